The SMILES string of the molecule is CN=C(NCc1ccc(OCC(F)(F)F)cc1)NCC1CCCN1C. The molecule has 25 heavy (non-hydrogen) atoms. The first-order chi connectivity index (χ1) is 11.9. The van der Waals surface area contributed by atoms with Crippen molar-refractivity contribution in [1.82, 2.24) is 15.5 Å². The Morgan fingerprint density at radius 2 is 2.00 bits per heavy atom. The summed E-state index contributed by atoms with van der Waals surface area (Å²) in [7, 11) is 3.83. The average molecular weight is 358 g/mol. The summed E-state index contributed by atoms with van der Waals surface area (Å²) in [6.45, 7) is 1.21. The lowest BCUT2D eigenvalue weighted by Crippen LogP contribution is -2.43. The zero-order valence-corrected chi connectivity index (χ0v) is 14.6. The Morgan fingerprint density at radius 3 is 2.56 bits per heavy atom. The van der Waals surface area contributed by atoms with E-state index in [1.165, 1.54) is 25.0 Å². The van der Waals surface area contributed by atoms with Gasteiger partial charge in [-0.15, -0.1) is 0 Å². The Hall–Kier alpha value is -1.96. The molecular formula is C17H25F3N4O. The summed E-state index contributed by atoms with van der Waals surface area (Å²) in [6, 6.07) is 7.05. The van der Waals surface area contributed by atoms with Crippen LogP contribution >= 0.6 is 0 Å². The Morgan fingerprint density at radius 1 is 1.28 bits per heavy atom. The van der Waals surface area contributed by atoms with Gasteiger partial charge in [0.25, 0.3) is 0 Å². The summed E-state index contributed by atoms with van der Waals surface area (Å²) >= 11 is 0. The zero-order chi connectivity index (χ0) is 18.3. The first kappa shape index (κ1) is 19.4. The second-order valence-electron chi connectivity index (χ2n) is 6.13. The predicted molar refractivity (Wildman–Crippen MR) is 91.8 cm³/mol. The average Bonchev–Trinajstić information content (AvgIpc) is 2.98. The third-order valence-corrected chi connectivity index (χ3v) is 4.19. The Kier molecular flexibility index (Phi) is 6.92. The topological polar surface area (TPSA) is 48.9 Å². The lowest BCUT2D eigenvalue weighted by Gasteiger charge is -2.21. The minimum absolute atomic E-state index is 0.202. The van der Waals surface area contributed by atoms with E-state index in [2.05, 4.69) is 27.6 Å². The quantitative estimate of drug-likeness (QED) is 0.606. The zero-order valence-electron chi connectivity index (χ0n) is 14.6. The number of guanidine groups is 1. The van der Waals surface area contributed by atoms with E-state index in [9.17, 15) is 13.2 Å². The van der Waals surface area contributed by atoms with E-state index in [1.807, 2.05) is 0 Å². The maximum Gasteiger partial charge on any atom is 0.422 e. The molecule has 8 heteroatoms. The van der Waals surface area contributed by atoms with E-state index < -0.39 is 12.8 Å². The Balaban J connectivity index is 1.75. The van der Waals surface area contributed by atoms with Crippen molar-refractivity contribution in [3.05, 3.63) is 29.8 Å². The standard InChI is InChI=1S/C17H25F3N4O/c1-21-16(23-11-14-4-3-9-24(14)2)22-10-13-5-7-15(8-6-13)25-12-17(18,19)20/h5-8,14H,3-4,9-12H2,1-2H3,(H2,21,22,23). The molecule has 1 aromatic rings. The fraction of sp³-hybridized carbons (Fsp3) is 0.588. The largest absolute Gasteiger partial charge is 0.484 e. The molecule has 0 spiro atoms. The van der Waals surface area contributed by atoms with Gasteiger partial charge in [-0.1, -0.05) is 12.1 Å². The fourth-order valence-electron chi connectivity index (χ4n) is 2.73. The maximum absolute atomic E-state index is 12.1. The number of likely N-dealkylation sites (tertiary alicyclic amines) is 1. The Bertz CT molecular complexity index is 560. The van der Waals surface area contributed by atoms with Gasteiger partial charge in [0.15, 0.2) is 12.6 Å². The minimum atomic E-state index is -4.33. The monoisotopic (exact) mass is 358 g/mol. The van der Waals surface area contributed by atoms with Gasteiger partial charge in [0, 0.05) is 26.2 Å². The van der Waals surface area contributed by atoms with Crippen molar-refractivity contribution >= 4 is 5.96 Å². The van der Waals surface area contributed by atoms with Crippen LogP contribution in [0, 0.1) is 0 Å². The van der Waals surface area contributed by atoms with E-state index >= 15 is 0 Å². The van der Waals surface area contributed by atoms with E-state index in [1.54, 1.807) is 19.2 Å². The number of hydrogen-bond donors (Lipinski definition) is 2. The summed E-state index contributed by atoms with van der Waals surface area (Å²) in [5.74, 6) is 0.908. The molecule has 0 amide bonds. The smallest absolute Gasteiger partial charge is 0.422 e. The van der Waals surface area contributed by atoms with Gasteiger partial charge in [-0.25, -0.2) is 0 Å². The summed E-state index contributed by atoms with van der Waals surface area (Å²) in [5.41, 5.74) is 0.931. The van der Waals surface area contributed by atoms with Crippen LogP contribution in [0.1, 0.15) is 18.4 Å². The predicted octanol–water partition coefficient (Wildman–Crippen LogP) is 2.39. The molecule has 1 aromatic carbocycles. The summed E-state index contributed by atoms with van der Waals surface area (Å²) < 4.78 is 41.1. The van der Waals surface area contributed by atoms with Crippen LogP contribution in [0.3, 0.4) is 0 Å². The van der Waals surface area contributed by atoms with Crippen LogP contribution in [0.2, 0.25) is 0 Å². The molecule has 0 radical (unpaired) electrons. The molecule has 1 saturated heterocycles. The van der Waals surface area contributed by atoms with Crippen LogP contribution in [0.25, 0.3) is 0 Å². The Labute approximate surface area is 146 Å². The first-order valence-electron chi connectivity index (χ1n) is 8.30. The molecule has 1 atom stereocenters. The number of likely N-dealkylation sites (N-methyl/N-ethyl adjacent to an activating group) is 1. The number of nitrogens with zero attached hydrogens (tertiary/aromatic N) is 2. The summed E-state index contributed by atoms with van der Waals surface area (Å²) in [4.78, 5) is 6.52. The van der Waals surface area contributed by atoms with Crippen molar-refractivity contribution in [1.29, 1.82) is 0 Å². The van der Waals surface area contributed by atoms with Crippen molar-refractivity contribution in [3.63, 3.8) is 0 Å². The van der Waals surface area contributed by atoms with E-state index in [0.29, 0.717) is 18.5 Å². The van der Waals surface area contributed by atoms with Gasteiger partial charge in [0.1, 0.15) is 5.75 Å². The molecule has 5 nitrogen and oxygen atoms in total. The second kappa shape index (κ2) is 8.94. The highest BCUT2D eigenvalue weighted by molar-refractivity contribution is 5.79. The lowest BCUT2D eigenvalue weighted by molar-refractivity contribution is -0.153. The number of nitrogens with one attached hydrogen (secondary N) is 2. The van der Waals surface area contributed by atoms with Crippen LogP contribution in [0.4, 0.5) is 13.2 Å². The molecule has 1 aliphatic rings. The third-order valence-electron chi connectivity index (χ3n) is 4.19. The molecule has 1 fully saturated rings. The molecule has 1 unspecified atom stereocenters. The molecule has 1 heterocycles. The van der Waals surface area contributed by atoms with E-state index in [-0.39, 0.29) is 5.75 Å². The highest BCUT2D eigenvalue weighted by Crippen LogP contribution is 2.18. The van der Waals surface area contributed by atoms with Crippen LogP contribution in [0.5, 0.6) is 5.75 Å². The molecule has 0 bridgehead atoms. The minimum Gasteiger partial charge on any atom is -0.484 e. The maximum atomic E-state index is 12.1. The summed E-state index contributed by atoms with van der Waals surface area (Å²) in [6.07, 6.45) is -1.93. The van der Waals surface area contributed by atoms with Crippen molar-refractivity contribution in [2.75, 3.05) is 33.8 Å². The van der Waals surface area contributed by atoms with Gasteiger partial charge >= 0.3 is 6.18 Å². The number of benzene rings is 1. The number of hydrogen-bond acceptors (Lipinski definition) is 3. The van der Waals surface area contributed by atoms with Gasteiger partial charge in [-0.2, -0.15) is 13.2 Å². The molecule has 0 saturated carbocycles. The van der Waals surface area contributed by atoms with Crippen LogP contribution in [-0.4, -0.2) is 56.9 Å². The molecule has 1 aliphatic heterocycles. The third kappa shape index (κ3) is 6.81. The van der Waals surface area contributed by atoms with Crippen LogP contribution in [-0.2, 0) is 6.54 Å². The van der Waals surface area contributed by atoms with Gasteiger partial charge in [-0.05, 0) is 44.1 Å². The number of alkyl halides is 3. The second-order valence-corrected chi connectivity index (χ2v) is 6.13. The van der Waals surface area contributed by atoms with E-state index in [0.717, 1.165) is 18.7 Å². The number of halogens is 3. The molecule has 0 aromatic heterocycles. The van der Waals surface area contributed by atoms with Gasteiger partial charge in [-0.3, -0.25) is 4.99 Å². The summed E-state index contributed by atoms with van der Waals surface area (Å²) in [5, 5.41) is 6.51. The molecular weight excluding hydrogens is 333 g/mol. The fourth-order valence-corrected chi connectivity index (χ4v) is 2.73. The van der Waals surface area contributed by atoms with Gasteiger partial charge in [0.05, 0.1) is 0 Å². The molecule has 140 valence electrons. The van der Waals surface area contributed by atoms with Crippen molar-refractivity contribution in [3.8, 4) is 5.75 Å². The number of aliphatic imine (C=N–C) groups is 1. The van der Waals surface area contributed by atoms with Crippen molar-refractivity contribution < 1.29 is 17.9 Å². The molecule has 2 N–H and O–H groups in total. The van der Waals surface area contributed by atoms with Gasteiger partial charge < -0.3 is 20.3 Å². The molecule has 2 rings (SSSR count). The number of rotatable bonds is 6. The van der Waals surface area contributed by atoms with Crippen molar-refractivity contribution in [2.24, 2.45) is 4.99 Å². The molecule has 0 aliphatic carbocycles. The van der Waals surface area contributed by atoms with Crippen molar-refractivity contribution in [2.45, 2.75) is 31.6 Å². The van der Waals surface area contributed by atoms with Gasteiger partial charge in [0.2, 0.25) is 0 Å². The highest BCUT2D eigenvalue weighted by atomic mass is 19.4. The van der Waals surface area contributed by atoms with Crippen LogP contribution in [0.15, 0.2) is 29.3 Å². The number of ether oxygens (including phenoxy) is 1. The lowest BCUT2D eigenvalue weighted by atomic mass is 10.2. The highest BCUT2D eigenvalue weighted by Gasteiger charge is 2.28. The van der Waals surface area contributed by atoms with E-state index in [4.69, 9.17) is 4.74 Å². The normalized spacial score (nSPS) is 19.1. The van der Waals surface area contributed by atoms with Crippen LogP contribution < -0.4 is 15.4 Å². The first-order valence-corrected chi connectivity index (χ1v) is 8.30.